The monoisotopic (exact) mass is 423 g/mol. The molecule has 1 aromatic heterocycles. The Bertz CT molecular complexity index is 1120. The number of rotatable bonds is 8. The minimum atomic E-state index is -0.583. The molecule has 162 valence electrons. The van der Waals surface area contributed by atoms with Gasteiger partial charge in [0.05, 0.1) is 13.1 Å². The normalized spacial score (nSPS) is 11.0. The molecule has 6 nitrogen and oxygen atoms in total. The van der Waals surface area contributed by atoms with Crippen LogP contribution in [0, 0.1) is 12.7 Å². The Hall–Kier alpha value is -3.32. The summed E-state index contributed by atoms with van der Waals surface area (Å²) in [4.78, 5) is 26.6. The zero-order chi connectivity index (χ0) is 22.4. The number of benzene rings is 2. The van der Waals surface area contributed by atoms with Gasteiger partial charge in [0.2, 0.25) is 5.43 Å². The second-order valence-electron chi connectivity index (χ2n) is 7.45. The van der Waals surface area contributed by atoms with Crippen LogP contribution in [0.2, 0.25) is 0 Å². The molecule has 0 bridgehead atoms. The van der Waals surface area contributed by atoms with Gasteiger partial charge in [-0.3, -0.25) is 9.59 Å². The lowest BCUT2D eigenvalue weighted by atomic mass is 10.1. The summed E-state index contributed by atoms with van der Waals surface area (Å²) in [5, 5.41) is 6.96. The molecule has 3 aromatic rings. The average Bonchev–Trinajstić information content (AvgIpc) is 2.77. The number of amides is 1. The van der Waals surface area contributed by atoms with Crippen molar-refractivity contribution in [3.8, 4) is 5.69 Å². The number of hydrogen-bond acceptors (Lipinski definition) is 3. The summed E-state index contributed by atoms with van der Waals surface area (Å²) in [6.07, 6.45) is 0. The summed E-state index contributed by atoms with van der Waals surface area (Å²) in [5.41, 5.74) is 2.02. The van der Waals surface area contributed by atoms with E-state index in [0.717, 1.165) is 30.8 Å². The quantitative estimate of drug-likeness (QED) is 0.583. The number of carbonyl (C=O) groups excluding carboxylic acids is 1. The van der Waals surface area contributed by atoms with E-state index in [2.05, 4.69) is 30.3 Å². The highest BCUT2D eigenvalue weighted by atomic mass is 19.1. The van der Waals surface area contributed by atoms with Gasteiger partial charge in [0.25, 0.3) is 5.91 Å². The van der Waals surface area contributed by atoms with Gasteiger partial charge in [-0.05, 0) is 38.5 Å². The van der Waals surface area contributed by atoms with Crippen LogP contribution in [0.3, 0.4) is 0 Å². The van der Waals surface area contributed by atoms with Crippen molar-refractivity contribution in [1.82, 2.24) is 15.1 Å². The van der Waals surface area contributed by atoms with Crippen LogP contribution in [0.25, 0.3) is 5.69 Å². The van der Waals surface area contributed by atoms with Crippen molar-refractivity contribution < 1.29 is 14.1 Å². The summed E-state index contributed by atoms with van der Waals surface area (Å²) in [5.74, 6) is -1.07. The van der Waals surface area contributed by atoms with Crippen LogP contribution in [-0.4, -0.2) is 28.8 Å². The van der Waals surface area contributed by atoms with Crippen molar-refractivity contribution in [3.63, 3.8) is 0 Å². The summed E-state index contributed by atoms with van der Waals surface area (Å²) >= 11 is 0. The van der Waals surface area contributed by atoms with Gasteiger partial charge in [-0.2, -0.15) is 5.10 Å². The van der Waals surface area contributed by atoms with Crippen LogP contribution < -0.4 is 15.6 Å². The van der Waals surface area contributed by atoms with E-state index in [1.54, 1.807) is 25.1 Å². The van der Waals surface area contributed by atoms with Crippen molar-refractivity contribution in [2.24, 2.45) is 0 Å². The van der Waals surface area contributed by atoms with Gasteiger partial charge in [-0.25, -0.2) is 9.07 Å². The largest absolute Gasteiger partial charge is 0.346 e. The molecule has 0 saturated carbocycles. The maximum Gasteiger partial charge on any atom is 0.276 e. The number of para-hydroxylation sites is 1. The third kappa shape index (κ3) is 5.24. The fourth-order valence-electron chi connectivity index (χ4n) is 3.50. The van der Waals surface area contributed by atoms with Crippen molar-refractivity contribution >= 4 is 5.91 Å². The van der Waals surface area contributed by atoms with E-state index in [1.807, 2.05) is 18.2 Å². The lowest BCUT2D eigenvalue weighted by molar-refractivity contribution is -0.910. The molecule has 0 unspecified atom stereocenters. The molecule has 2 aromatic carbocycles. The second-order valence-corrected chi connectivity index (χ2v) is 7.45. The Kier molecular flexibility index (Phi) is 7.31. The highest BCUT2D eigenvalue weighted by molar-refractivity contribution is 5.92. The van der Waals surface area contributed by atoms with Gasteiger partial charge in [-0.15, -0.1) is 0 Å². The molecule has 3 rings (SSSR count). The molecule has 2 N–H and O–H groups in total. The van der Waals surface area contributed by atoms with Gasteiger partial charge in [0.1, 0.15) is 18.0 Å². The van der Waals surface area contributed by atoms with E-state index < -0.39 is 17.2 Å². The number of quaternary nitrogens is 1. The molecular formula is C24H28FN4O2+. The Balaban J connectivity index is 1.83. The topological polar surface area (TPSA) is 68.4 Å². The number of nitrogens with zero attached hydrogens (tertiary/aromatic N) is 2. The first-order valence-corrected chi connectivity index (χ1v) is 10.5. The van der Waals surface area contributed by atoms with Crippen LogP contribution in [0.4, 0.5) is 4.39 Å². The van der Waals surface area contributed by atoms with Crippen LogP contribution in [0.1, 0.15) is 41.2 Å². The van der Waals surface area contributed by atoms with E-state index in [-0.39, 0.29) is 17.9 Å². The zero-order valence-electron chi connectivity index (χ0n) is 18.1. The van der Waals surface area contributed by atoms with E-state index >= 15 is 0 Å². The smallest absolute Gasteiger partial charge is 0.276 e. The third-order valence-electron chi connectivity index (χ3n) is 5.40. The van der Waals surface area contributed by atoms with Crippen LogP contribution >= 0.6 is 0 Å². The Morgan fingerprint density at radius 2 is 1.71 bits per heavy atom. The maximum absolute atomic E-state index is 14.2. The lowest BCUT2D eigenvalue weighted by Crippen LogP contribution is -3.10. The minimum Gasteiger partial charge on any atom is -0.346 e. The Morgan fingerprint density at radius 1 is 1.06 bits per heavy atom. The molecule has 0 atom stereocenters. The predicted octanol–water partition coefficient (Wildman–Crippen LogP) is 2.03. The number of nitrogens with one attached hydrogen (secondary N) is 2. The number of aromatic nitrogens is 2. The molecule has 1 amide bonds. The van der Waals surface area contributed by atoms with Gasteiger partial charge in [0, 0.05) is 23.9 Å². The van der Waals surface area contributed by atoms with Gasteiger partial charge < -0.3 is 10.2 Å². The highest BCUT2D eigenvalue weighted by Crippen LogP contribution is 2.13. The molecule has 0 fully saturated rings. The second kappa shape index (κ2) is 10.1. The zero-order valence-corrected chi connectivity index (χ0v) is 18.1. The first kappa shape index (κ1) is 22.4. The van der Waals surface area contributed by atoms with E-state index in [9.17, 15) is 14.0 Å². The lowest BCUT2D eigenvalue weighted by Gasteiger charge is -2.18. The molecule has 0 aliphatic heterocycles. The molecule has 0 spiro atoms. The van der Waals surface area contributed by atoms with Crippen LogP contribution in [-0.2, 0) is 13.1 Å². The molecule has 1 heterocycles. The number of carbonyl (C=O) groups is 1. The standard InChI is InChI=1S/C24H27FN4O2/c1-4-28(5-2)16-19-11-7-6-10-18(19)15-26-24(31)23-22(30)14-17(3)29(27-23)21-13-9-8-12-20(21)25/h6-14H,4-5,15-16H2,1-3H3,(H,26,31)/p+1. The highest BCUT2D eigenvalue weighted by Gasteiger charge is 2.17. The first-order valence-electron chi connectivity index (χ1n) is 10.5. The van der Waals surface area contributed by atoms with Gasteiger partial charge in [0.15, 0.2) is 5.69 Å². The maximum atomic E-state index is 14.2. The summed E-state index contributed by atoms with van der Waals surface area (Å²) in [6, 6.07) is 15.3. The average molecular weight is 424 g/mol. The minimum absolute atomic E-state index is 0.182. The van der Waals surface area contributed by atoms with Crippen molar-refractivity contribution in [2.75, 3.05) is 13.1 Å². The number of aryl methyl sites for hydroxylation is 1. The fraction of sp³-hybridized carbons (Fsp3) is 0.292. The van der Waals surface area contributed by atoms with E-state index in [1.165, 1.54) is 21.7 Å². The number of halogens is 1. The molecule has 0 aliphatic carbocycles. The van der Waals surface area contributed by atoms with E-state index in [4.69, 9.17) is 0 Å². The third-order valence-corrected chi connectivity index (χ3v) is 5.40. The molecule has 0 radical (unpaired) electrons. The molecule has 7 heteroatoms. The SMILES string of the molecule is CC[NH+](CC)Cc1ccccc1CNC(=O)c1nn(-c2ccccc2F)c(C)cc1=O. The summed E-state index contributed by atoms with van der Waals surface area (Å²) in [6.45, 7) is 9.11. The molecule has 0 saturated heterocycles. The Morgan fingerprint density at radius 3 is 2.39 bits per heavy atom. The summed E-state index contributed by atoms with van der Waals surface area (Å²) in [7, 11) is 0. The van der Waals surface area contributed by atoms with Crippen molar-refractivity contribution in [3.05, 3.63) is 93.2 Å². The number of hydrogen-bond donors (Lipinski definition) is 2. The van der Waals surface area contributed by atoms with Crippen LogP contribution in [0.15, 0.2) is 59.4 Å². The van der Waals surface area contributed by atoms with Crippen LogP contribution in [0.5, 0.6) is 0 Å². The predicted molar refractivity (Wildman–Crippen MR) is 118 cm³/mol. The fourth-order valence-corrected chi connectivity index (χ4v) is 3.50. The van der Waals surface area contributed by atoms with Crippen molar-refractivity contribution in [2.45, 2.75) is 33.9 Å². The first-order chi connectivity index (χ1) is 14.9. The molecule has 0 aliphatic rings. The van der Waals surface area contributed by atoms with Gasteiger partial charge >= 0.3 is 0 Å². The van der Waals surface area contributed by atoms with Gasteiger partial charge in [-0.1, -0.05) is 36.4 Å². The summed E-state index contributed by atoms with van der Waals surface area (Å²) < 4.78 is 15.5. The molecule has 31 heavy (non-hydrogen) atoms. The van der Waals surface area contributed by atoms with Crippen molar-refractivity contribution in [1.29, 1.82) is 0 Å². The Labute approximate surface area is 181 Å². The van der Waals surface area contributed by atoms with E-state index in [0.29, 0.717) is 5.69 Å². The molecular weight excluding hydrogens is 395 g/mol.